The fourth-order valence-electron chi connectivity index (χ4n) is 2.26. The van der Waals surface area contributed by atoms with Gasteiger partial charge in [-0.3, -0.25) is 19.4 Å². The first-order chi connectivity index (χ1) is 12.8. The summed E-state index contributed by atoms with van der Waals surface area (Å²) in [4.78, 5) is 41.7. The van der Waals surface area contributed by atoms with Crippen molar-refractivity contribution < 1.29 is 14.4 Å². The fourth-order valence-corrected chi connectivity index (χ4v) is 2.26. The number of benzene rings is 1. The molecule has 3 N–H and O–H groups in total. The number of anilines is 2. The van der Waals surface area contributed by atoms with Gasteiger partial charge in [-0.1, -0.05) is 6.07 Å². The second-order valence-corrected chi connectivity index (χ2v) is 6.21. The molecule has 0 aliphatic carbocycles. The molecule has 0 atom stereocenters. The summed E-state index contributed by atoms with van der Waals surface area (Å²) < 4.78 is 0. The van der Waals surface area contributed by atoms with Gasteiger partial charge < -0.3 is 20.9 Å². The van der Waals surface area contributed by atoms with Crippen LogP contribution < -0.4 is 16.0 Å². The third kappa shape index (κ3) is 6.52. The zero-order valence-electron chi connectivity index (χ0n) is 15.6. The van der Waals surface area contributed by atoms with Gasteiger partial charge in [0, 0.05) is 43.1 Å². The summed E-state index contributed by atoms with van der Waals surface area (Å²) in [5.41, 5.74) is 1.59. The lowest BCUT2D eigenvalue weighted by molar-refractivity contribution is -0.114. The lowest BCUT2D eigenvalue weighted by atomic mass is 10.2. The second kappa shape index (κ2) is 9.44. The fraction of sp³-hybridized carbons (Fsp3) is 0.263. The third-order valence-corrected chi connectivity index (χ3v) is 3.54. The van der Waals surface area contributed by atoms with Crippen molar-refractivity contribution in [2.45, 2.75) is 6.92 Å². The summed E-state index contributed by atoms with van der Waals surface area (Å²) in [5.74, 6) is -0.906. The summed E-state index contributed by atoms with van der Waals surface area (Å²) in [6.07, 6.45) is 1.42. The maximum Gasteiger partial charge on any atom is 0.269 e. The molecular weight excluding hydrogens is 346 g/mol. The first kappa shape index (κ1) is 20.1. The van der Waals surface area contributed by atoms with E-state index in [1.807, 2.05) is 19.0 Å². The van der Waals surface area contributed by atoms with E-state index in [-0.39, 0.29) is 23.4 Å². The molecule has 1 aromatic carbocycles. The van der Waals surface area contributed by atoms with Gasteiger partial charge in [-0.25, -0.2) is 0 Å². The average molecular weight is 369 g/mol. The predicted octanol–water partition coefficient (Wildman–Crippen LogP) is 1.58. The van der Waals surface area contributed by atoms with Crippen LogP contribution in [0.5, 0.6) is 0 Å². The van der Waals surface area contributed by atoms with Gasteiger partial charge in [0.05, 0.1) is 0 Å². The topological polar surface area (TPSA) is 103 Å². The highest BCUT2D eigenvalue weighted by molar-refractivity contribution is 6.06. The standard InChI is InChI=1S/C19H23N5O3/c1-13(25)22-15-5-4-6-16(12-15)23-18(26)14-7-8-20-17(11-14)19(27)21-9-10-24(2)3/h4-8,11-12H,9-10H2,1-3H3,(H,21,27)(H,22,25)(H,23,26). The number of pyridine rings is 1. The molecule has 8 nitrogen and oxygen atoms in total. The summed E-state index contributed by atoms with van der Waals surface area (Å²) in [6, 6.07) is 9.77. The maximum absolute atomic E-state index is 12.5. The molecule has 0 unspecified atom stereocenters. The zero-order valence-corrected chi connectivity index (χ0v) is 15.6. The Morgan fingerprint density at radius 3 is 2.37 bits per heavy atom. The van der Waals surface area contributed by atoms with E-state index in [0.717, 1.165) is 0 Å². The minimum atomic E-state index is -0.375. The van der Waals surface area contributed by atoms with Crippen LogP contribution in [0, 0.1) is 0 Å². The van der Waals surface area contributed by atoms with Crippen LogP contribution in [0.15, 0.2) is 42.6 Å². The Balaban J connectivity index is 2.04. The van der Waals surface area contributed by atoms with E-state index in [4.69, 9.17) is 0 Å². The third-order valence-electron chi connectivity index (χ3n) is 3.54. The number of carbonyl (C=O) groups is 3. The summed E-state index contributed by atoms with van der Waals surface area (Å²) in [7, 11) is 3.83. The van der Waals surface area contributed by atoms with E-state index in [2.05, 4.69) is 20.9 Å². The van der Waals surface area contributed by atoms with Crippen molar-refractivity contribution in [3.8, 4) is 0 Å². The van der Waals surface area contributed by atoms with Gasteiger partial charge >= 0.3 is 0 Å². The largest absolute Gasteiger partial charge is 0.349 e. The number of rotatable bonds is 7. The number of nitrogens with zero attached hydrogens (tertiary/aromatic N) is 2. The number of nitrogens with one attached hydrogen (secondary N) is 3. The molecule has 1 heterocycles. The average Bonchev–Trinajstić information content (AvgIpc) is 2.61. The van der Waals surface area contributed by atoms with Gasteiger partial charge in [-0.05, 0) is 44.4 Å². The molecule has 2 aromatic rings. The van der Waals surface area contributed by atoms with Crippen LogP contribution in [0.2, 0.25) is 0 Å². The van der Waals surface area contributed by atoms with Gasteiger partial charge in [0.1, 0.15) is 5.69 Å². The number of hydrogen-bond acceptors (Lipinski definition) is 5. The van der Waals surface area contributed by atoms with Crippen molar-refractivity contribution >= 4 is 29.1 Å². The highest BCUT2D eigenvalue weighted by Crippen LogP contribution is 2.16. The number of carbonyl (C=O) groups excluding carboxylic acids is 3. The molecule has 0 aliphatic heterocycles. The number of hydrogen-bond donors (Lipinski definition) is 3. The monoisotopic (exact) mass is 369 g/mol. The van der Waals surface area contributed by atoms with Crippen molar-refractivity contribution in [2.75, 3.05) is 37.8 Å². The zero-order chi connectivity index (χ0) is 19.8. The van der Waals surface area contributed by atoms with E-state index < -0.39 is 0 Å². The number of likely N-dealkylation sites (N-methyl/N-ethyl adjacent to an activating group) is 1. The number of amides is 3. The Labute approximate surface area is 158 Å². The van der Waals surface area contributed by atoms with Gasteiger partial charge in [0.15, 0.2) is 0 Å². The van der Waals surface area contributed by atoms with Crippen molar-refractivity contribution in [3.63, 3.8) is 0 Å². The molecule has 0 bridgehead atoms. The molecule has 8 heteroatoms. The van der Waals surface area contributed by atoms with Crippen molar-refractivity contribution in [3.05, 3.63) is 53.9 Å². The molecule has 0 aliphatic rings. The van der Waals surface area contributed by atoms with Crippen molar-refractivity contribution in [1.29, 1.82) is 0 Å². The minimum absolute atomic E-state index is 0.174. The summed E-state index contributed by atoms with van der Waals surface area (Å²) in [6.45, 7) is 2.60. The van der Waals surface area contributed by atoms with E-state index in [1.165, 1.54) is 25.3 Å². The van der Waals surface area contributed by atoms with Gasteiger partial charge in [-0.2, -0.15) is 0 Å². The van der Waals surface area contributed by atoms with Crippen LogP contribution in [-0.2, 0) is 4.79 Å². The van der Waals surface area contributed by atoms with Crippen LogP contribution >= 0.6 is 0 Å². The number of aromatic nitrogens is 1. The summed E-state index contributed by atoms with van der Waals surface area (Å²) in [5, 5.41) is 8.15. The van der Waals surface area contributed by atoms with Crippen LogP contribution in [0.4, 0.5) is 11.4 Å². The lowest BCUT2D eigenvalue weighted by Crippen LogP contribution is -2.32. The molecule has 142 valence electrons. The van der Waals surface area contributed by atoms with Gasteiger partial charge in [-0.15, -0.1) is 0 Å². The molecule has 27 heavy (non-hydrogen) atoms. The molecular formula is C19H23N5O3. The molecule has 3 amide bonds. The van der Waals surface area contributed by atoms with Crippen LogP contribution in [-0.4, -0.2) is 54.8 Å². The smallest absolute Gasteiger partial charge is 0.269 e. The normalized spacial score (nSPS) is 10.4. The molecule has 0 saturated carbocycles. The Bertz CT molecular complexity index is 836. The molecule has 0 fully saturated rings. The van der Waals surface area contributed by atoms with E-state index >= 15 is 0 Å². The van der Waals surface area contributed by atoms with E-state index in [9.17, 15) is 14.4 Å². The minimum Gasteiger partial charge on any atom is -0.349 e. The first-order valence-electron chi connectivity index (χ1n) is 8.43. The lowest BCUT2D eigenvalue weighted by Gasteiger charge is -2.11. The van der Waals surface area contributed by atoms with Crippen LogP contribution in [0.1, 0.15) is 27.8 Å². The van der Waals surface area contributed by atoms with Crippen molar-refractivity contribution in [2.24, 2.45) is 0 Å². The maximum atomic E-state index is 12.5. The highest BCUT2D eigenvalue weighted by Gasteiger charge is 2.12. The summed E-state index contributed by atoms with van der Waals surface area (Å²) >= 11 is 0. The first-order valence-corrected chi connectivity index (χ1v) is 8.43. The Hall–Kier alpha value is -3.26. The predicted molar refractivity (Wildman–Crippen MR) is 104 cm³/mol. The van der Waals surface area contributed by atoms with Crippen molar-refractivity contribution in [1.82, 2.24) is 15.2 Å². The molecule has 0 saturated heterocycles. The highest BCUT2D eigenvalue weighted by atomic mass is 16.2. The second-order valence-electron chi connectivity index (χ2n) is 6.21. The van der Waals surface area contributed by atoms with Gasteiger partial charge in [0.25, 0.3) is 11.8 Å². The molecule has 0 spiro atoms. The van der Waals surface area contributed by atoms with E-state index in [1.54, 1.807) is 24.3 Å². The molecule has 0 radical (unpaired) electrons. The quantitative estimate of drug-likeness (QED) is 0.688. The Morgan fingerprint density at radius 2 is 1.70 bits per heavy atom. The van der Waals surface area contributed by atoms with Crippen LogP contribution in [0.3, 0.4) is 0 Å². The molecule has 1 aromatic heterocycles. The van der Waals surface area contributed by atoms with Crippen LogP contribution in [0.25, 0.3) is 0 Å². The Morgan fingerprint density at radius 1 is 1.00 bits per heavy atom. The molecule has 2 rings (SSSR count). The van der Waals surface area contributed by atoms with E-state index in [0.29, 0.717) is 30.0 Å². The SMILES string of the molecule is CC(=O)Nc1cccc(NC(=O)c2ccnc(C(=O)NCCN(C)C)c2)c1. The Kier molecular flexibility index (Phi) is 7.01. The van der Waals surface area contributed by atoms with Gasteiger partial charge in [0.2, 0.25) is 5.91 Å².